The van der Waals surface area contributed by atoms with Gasteiger partial charge in [0.05, 0.1) is 5.69 Å². The Kier molecular flexibility index (Phi) is 3.43. The number of aromatic nitrogens is 3. The minimum Gasteiger partial charge on any atom is -0.428 e. The van der Waals surface area contributed by atoms with Gasteiger partial charge in [0, 0.05) is 12.7 Å². The van der Waals surface area contributed by atoms with E-state index in [0.29, 0.717) is 11.7 Å². The lowest BCUT2D eigenvalue weighted by Crippen LogP contribution is -2.04. The van der Waals surface area contributed by atoms with Gasteiger partial charge in [0.2, 0.25) is 0 Å². The van der Waals surface area contributed by atoms with Crippen LogP contribution in [0.1, 0.15) is 10.7 Å². The van der Waals surface area contributed by atoms with Gasteiger partial charge in [-0.3, -0.25) is 4.98 Å². The lowest BCUT2D eigenvalue weighted by atomic mass is 10.3. The van der Waals surface area contributed by atoms with E-state index < -0.39 is 0 Å². The van der Waals surface area contributed by atoms with Crippen LogP contribution in [-0.2, 0) is 6.54 Å². The Bertz CT molecular complexity index is 471. The summed E-state index contributed by atoms with van der Waals surface area (Å²) in [4.78, 5) is 4.14. The molecule has 2 aromatic rings. The van der Waals surface area contributed by atoms with Gasteiger partial charge in [-0.1, -0.05) is 16.4 Å². The molecule has 0 fully saturated rings. The molecule has 2 rings (SSSR count). The van der Waals surface area contributed by atoms with Crippen LogP contribution < -0.4 is 10.1 Å². The number of pyridine rings is 1. The van der Waals surface area contributed by atoms with E-state index in [1.54, 1.807) is 6.20 Å². The van der Waals surface area contributed by atoms with Crippen LogP contribution in [0, 0.1) is 6.92 Å². The molecule has 0 aliphatic rings. The zero-order valence-corrected chi connectivity index (χ0v) is 9.91. The number of hydrogen-bond acceptors (Lipinski definition) is 6. The maximum absolute atomic E-state index is 5.59. The molecule has 5 nitrogen and oxygen atoms in total. The highest BCUT2D eigenvalue weighted by molar-refractivity contribution is 7.13. The number of nitrogens with one attached hydrogen (secondary N) is 1. The minimum absolute atomic E-state index is 0.543. The van der Waals surface area contributed by atoms with Crippen LogP contribution in [0.3, 0.4) is 0 Å². The molecule has 1 N–H and O–H groups in total. The van der Waals surface area contributed by atoms with Gasteiger partial charge in [-0.15, -0.1) is 5.10 Å². The number of aryl methyl sites for hydroxylation is 1. The number of nitrogens with zero attached hydrogens (tertiary/aromatic N) is 3. The molecule has 0 atom stereocenters. The average molecular weight is 236 g/mol. The molecule has 0 saturated carbocycles. The molecular weight excluding hydrogens is 224 g/mol. The van der Waals surface area contributed by atoms with E-state index >= 15 is 0 Å². The fourth-order valence-electron chi connectivity index (χ4n) is 1.17. The maximum atomic E-state index is 5.59. The Balaban J connectivity index is 2.11. The zero-order valence-electron chi connectivity index (χ0n) is 9.10. The van der Waals surface area contributed by atoms with Gasteiger partial charge < -0.3 is 10.1 Å². The van der Waals surface area contributed by atoms with Crippen LogP contribution in [0.2, 0.25) is 0 Å². The highest BCUT2D eigenvalue weighted by atomic mass is 32.1. The summed E-state index contributed by atoms with van der Waals surface area (Å²) in [6.45, 7) is 2.60. The Hall–Kier alpha value is -1.53. The van der Waals surface area contributed by atoms with Crippen molar-refractivity contribution in [2.24, 2.45) is 0 Å². The average Bonchev–Trinajstić information content (AvgIpc) is 2.70. The van der Waals surface area contributed by atoms with E-state index in [2.05, 4.69) is 20.5 Å². The molecule has 0 aliphatic heterocycles. The Morgan fingerprint density at radius 3 is 3.06 bits per heavy atom. The molecule has 0 saturated heterocycles. The van der Waals surface area contributed by atoms with Crippen molar-refractivity contribution in [3.8, 4) is 10.9 Å². The minimum atomic E-state index is 0.543. The SMILES string of the molecule is CNCc1nnc(Oc2cccnc2C)s1. The first-order chi connectivity index (χ1) is 7.79. The van der Waals surface area contributed by atoms with Gasteiger partial charge in [-0.2, -0.15) is 0 Å². The first-order valence-electron chi connectivity index (χ1n) is 4.86. The molecule has 0 aromatic carbocycles. The van der Waals surface area contributed by atoms with Crippen molar-refractivity contribution in [1.82, 2.24) is 20.5 Å². The Morgan fingerprint density at radius 2 is 2.31 bits per heavy atom. The summed E-state index contributed by atoms with van der Waals surface area (Å²) in [5.41, 5.74) is 0.841. The molecule has 84 valence electrons. The van der Waals surface area contributed by atoms with Gasteiger partial charge in [-0.05, 0) is 26.1 Å². The molecule has 0 spiro atoms. The molecule has 0 unspecified atom stereocenters. The van der Waals surface area contributed by atoms with Crippen molar-refractivity contribution < 1.29 is 4.74 Å². The second kappa shape index (κ2) is 5.00. The predicted octanol–water partition coefficient (Wildman–Crippen LogP) is 1.75. The summed E-state index contributed by atoms with van der Waals surface area (Å²) in [6, 6.07) is 3.69. The maximum Gasteiger partial charge on any atom is 0.299 e. The predicted molar refractivity (Wildman–Crippen MR) is 61.7 cm³/mol. The van der Waals surface area contributed by atoms with Crippen LogP contribution in [-0.4, -0.2) is 22.2 Å². The highest BCUT2D eigenvalue weighted by Gasteiger charge is 2.07. The molecule has 0 bridgehead atoms. The van der Waals surface area contributed by atoms with E-state index in [1.165, 1.54) is 11.3 Å². The Labute approximate surface area is 97.5 Å². The van der Waals surface area contributed by atoms with E-state index in [1.807, 2.05) is 26.1 Å². The van der Waals surface area contributed by atoms with Crippen molar-refractivity contribution in [3.05, 3.63) is 29.0 Å². The van der Waals surface area contributed by atoms with Crippen molar-refractivity contribution >= 4 is 11.3 Å². The van der Waals surface area contributed by atoms with E-state index in [-0.39, 0.29) is 0 Å². The van der Waals surface area contributed by atoms with Crippen molar-refractivity contribution in [2.75, 3.05) is 7.05 Å². The molecule has 2 aromatic heterocycles. The second-order valence-electron chi connectivity index (χ2n) is 3.18. The molecule has 0 radical (unpaired) electrons. The molecule has 0 amide bonds. The summed E-state index contributed by atoms with van der Waals surface area (Å²) in [5, 5.41) is 12.4. The summed E-state index contributed by atoms with van der Waals surface area (Å²) < 4.78 is 5.59. The quantitative estimate of drug-likeness (QED) is 0.876. The van der Waals surface area contributed by atoms with Gasteiger partial charge in [0.25, 0.3) is 5.19 Å². The monoisotopic (exact) mass is 236 g/mol. The Morgan fingerprint density at radius 1 is 1.44 bits per heavy atom. The van der Waals surface area contributed by atoms with Crippen molar-refractivity contribution in [2.45, 2.75) is 13.5 Å². The standard InChI is InChI=1S/C10H12N4OS/c1-7-8(4-3-5-12-7)15-10-14-13-9(16-10)6-11-2/h3-5,11H,6H2,1-2H3. The number of hydrogen-bond donors (Lipinski definition) is 1. The summed E-state index contributed by atoms with van der Waals surface area (Å²) >= 11 is 1.43. The van der Waals surface area contributed by atoms with Crippen LogP contribution in [0.4, 0.5) is 0 Å². The van der Waals surface area contributed by atoms with Crippen LogP contribution in [0.5, 0.6) is 10.9 Å². The van der Waals surface area contributed by atoms with Crippen molar-refractivity contribution in [3.63, 3.8) is 0 Å². The topological polar surface area (TPSA) is 59.9 Å². The first kappa shape index (κ1) is 11.0. The van der Waals surface area contributed by atoms with Gasteiger partial charge in [0.1, 0.15) is 5.01 Å². The highest BCUT2D eigenvalue weighted by Crippen LogP contribution is 2.26. The van der Waals surface area contributed by atoms with E-state index in [0.717, 1.165) is 16.5 Å². The normalized spacial score (nSPS) is 10.4. The molecule has 0 aliphatic carbocycles. The molecule has 16 heavy (non-hydrogen) atoms. The van der Waals surface area contributed by atoms with Crippen LogP contribution >= 0.6 is 11.3 Å². The van der Waals surface area contributed by atoms with Gasteiger partial charge in [-0.25, -0.2) is 0 Å². The largest absolute Gasteiger partial charge is 0.428 e. The second-order valence-corrected chi connectivity index (χ2v) is 4.21. The summed E-state index contributed by atoms with van der Waals surface area (Å²) in [6.07, 6.45) is 1.73. The molecule has 6 heteroatoms. The van der Waals surface area contributed by atoms with Gasteiger partial charge >= 0.3 is 0 Å². The lowest BCUT2D eigenvalue weighted by molar-refractivity contribution is 0.466. The van der Waals surface area contributed by atoms with Crippen molar-refractivity contribution in [1.29, 1.82) is 0 Å². The number of rotatable bonds is 4. The van der Waals surface area contributed by atoms with E-state index in [4.69, 9.17) is 4.74 Å². The van der Waals surface area contributed by atoms with Crippen LogP contribution in [0.25, 0.3) is 0 Å². The fourth-order valence-corrected chi connectivity index (χ4v) is 1.89. The van der Waals surface area contributed by atoms with Crippen LogP contribution in [0.15, 0.2) is 18.3 Å². The zero-order chi connectivity index (χ0) is 11.4. The fraction of sp³-hybridized carbons (Fsp3) is 0.300. The lowest BCUT2D eigenvalue weighted by Gasteiger charge is -2.02. The van der Waals surface area contributed by atoms with E-state index in [9.17, 15) is 0 Å². The third kappa shape index (κ3) is 2.53. The molecule has 2 heterocycles. The third-order valence-electron chi connectivity index (χ3n) is 1.93. The smallest absolute Gasteiger partial charge is 0.299 e. The summed E-state index contributed by atoms with van der Waals surface area (Å²) in [5.74, 6) is 0.717. The first-order valence-corrected chi connectivity index (χ1v) is 5.67. The summed E-state index contributed by atoms with van der Waals surface area (Å²) in [7, 11) is 1.87. The molecular formula is C10H12N4OS. The van der Waals surface area contributed by atoms with Gasteiger partial charge in [0.15, 0.2) is 5.75 Å². The third-order valence-corrected chi connectivity index (χ3v) is 2.73. The number of ether oxygens (including phenoxy) is 1.